The molecule has 1 aliphatic heterocycles. The summed E-state index contributed by atoms with van der Waals surface area (Å²) in [5.41, 5.74) is 1.82. The molecule has 0 bridgehead atoms. The minimum Gasteiger partial charge on any atom is -0.486 e. The van der Waals surface area contributed by atoms with Gasteiger partial charge in [0, 0.05) is 6.42 Å². The van der Waals surface area contributed by atoms with Gasteiger partial charge < -0.3 is 24.5 Å². The maximum Gasteiger partial charge on any atom is 0.287 e. The van der Waals surface area contributed by atoms with Crippen LogP contribution in [0.25, 0.3) is 0 Å². The van der Waals surface area contributed by atoms with Gasteiger partial charge in [-0.25, -0.2) is 0 Å². The van der Waals surface area contributed by atoms with Gasteiger partial charge in [-0.15, -0.1) is 0 Å². The second-order valence-electron chi connectivity index (χ2n) is 7.33. The van der Waals surface area contributed by atoms with Gasteiger partial charge in [0.05, 0.1) is 12.3 Å². The molecule has 2 atom stereocenters. The number of hydrogen-bond acceptors (Lipinski definition) is 5. The Kier molecular flexibility index (Phi) is 6.21. The fourth-order valence-corrected chi connectivity index (χ4v) is 3.42. The van der Waals surface area contributed by atoms with Crippen molar-refractivity contribution in [1.29, 1.82) is 0 Å². The van der Waals surface area contributed by atoms with E-state index in [1.807, 2.05) is 55.5 Å². The summed E-state index contributed by atoms with van der Waals surface area (Å²) in [6, 6.07) is 17.3. The average molecular weight is 420 g/mol. The molecule has 0 radical (unpaired) electrons. The molecule has 0 saturated heterocycles. The van der Waals surface area contributed by atoms with Crippen LogP contribution in [-0.4, -0.2) is 31.1 Å². The van der Waals surface area contributed by atoms with E-state index in [0.29, 0.717) is 31.1 Å². The zero-order valence-corrected chi connectivity index (χ0v) is 17.2. The number of hydrogen-bond donors (Lipinski definition) is 2. The van der Waals surface area contributed by atoms with E-state index < -0.39 is 11.9 Å². The molecule has 2 heterocycles. The third-order valence-electron chi connectivity index (χ3n) is 5.07. The normalized spacial score (nSPS) is 14.4. The maximum atomic E-state index is 13.1. The highest BCUT2D eigenvalue weighted by Gasteiger charge is 2.25. The number of benzene rings is 2. The van der Waals surface area contributed by atoms with Crippen LogP contribution in [0.2, 0.25) is 0 Å². The Hall–Kier alpha value is -3.74. The van der Waals surface area contributed by atoms with Gasteiger partial charge in [-0.2, -0.15) is 0 Å². The average Bonchev–Trinajstić information content (AvgIpc) is 3.34. The smallest absolute Gasteiger partial charge is 0.287 e. The van der Waals surface area contributed by atoms with E-state index in [2.05, 4.69) is 10.6 Å². The van der Waals surface area contributed by atoms with Crippen LogP contribution in [0.5, 0.6) is 11.5 Å². The number of amides is 2. The molecule has 0 unspecified atom stereocenters. The van der Waals surface area contributed by atoms with E-state index in [4.69, 9.17) is 13.9 Å². The molecule has 2 N–H and O–H groups in total. The van der Waals surface area contributed by atoms with Crippen molar-refractivity contribution in [2.75, 3.05) is 13.2 Å². The van der Waals surface area contributed by atoms with Crippen LogP contribution in [0.3, 0.4) is 0 Å². The Morgan fingerprint density at radius 2 is 1.71 bits per heavy atom. The minimum absolute atomic E-state index is 0.158. The van der Waals surface area contributed by atoms with Crippen molar-refractivity contribution in [3.05, 3.63) is 83.8 Å². The quantitative estimate of drug-likeness (QED) is 0.612. The lowest BCUT2D eigenvalue weighted by Gasteiger charge is -2.23. The number of nitrogens with one attached hydrogen (secondary N) is 2. The molecule has 4 rings (SSSR count). The summed E-state index contributed by atoms with van der Waals surface area (Å²) in [6.45, 7) is 2.90. The van der Waals surface area contributed by atoms with E-state index in [-0.39, 0.29) is 17.7 Å². The molecule has 1 aromatic heterocycles. The Morgan fingerprint density at radius 3 is 2.45 bits per heavy atom. The van der Waals surface area contributed by atoms with Gasteiger partial charge in [-0.05, 0) is 42.3 Å². The third kappa shape index (κ3) is 5.06. The number of fused-ring (bicyclic) bond motifs is 1. The SMILES string of the molecule is C[C@@H](NC(=O)[C@H](Cc1ccccc1)NC(=O)c1ccco1)c1ccc2c(c1)OCCO2. The van der Waals surface area contributed by atoms with E-state index >= 15 is 0 Å². The predicted molar refractivity (Wildman–Crippen MR) is 114 cm³/mol. The number of rotatable bonds is 7. The number of ether oxygens (including phenoxy) is 2. The lowest BCUT2D eigenvalue weighted by molar-refractivity contribution is -0.123. The number of carbonyl (C=O) groups excluding carboxylic acids is 2. The van der Waals surface area contributed by atoms with Gasteiger partial charge in [0.1, 0.15) is 19.3 Å². The van der Waals surface area contributed by atoms with Gasteiger partial charge in [0.2, 0.25) is 5.91 Å². The molecule has 160 valence electrons. The molecule has 31 heavy (non-hydrogen) atoms. The summed E-state index contributed by atoms with van der Waals surface area (Å²) in [4.78, 5) is 25.6. The first-order valence-electron chi connectivity index (χ1n) is 10.2. The highest BCUT2D eigenvalue weighted by Crippen LogP contribution is 2.32. The van der Waals surface area contributed by atoms with Crippen molar-refractivity contribution in [2.45, 2.75) is 25.4 Å². The van der Waals surface area contributed by atoms with Gasteiger partial charge in [-0.3, -0.25) is 9.59 Å². The molecular weight excluding hydrogens is 396 g/mol. The second kappa shape index (κ2) is 9.38. The van der Waals surface area contributed by atoms with Crippen molar-refractivity contribution in [3.8, 4) is 11.5 Å². The Morgan fingerprint density at radius 1 is 0.935 bits per heavy atom. The molecular formula is C24H24N2O5. The first-order chi connectivity index (χ1) is 15.1. The molecule has 0 spiro atoms. The lowest BCUT2D eigenvalue weighted by Crippen LogP contribution is -2.48. The molecule has 2 amide bonds. The van der Waals surface area contributed by atoms with E-state index in [0.717, 1.165) is 11.1 Å². The highest BCUT2D eigenvalue weighted by atomic mass is 16.6. The summed E-state index contributed by atoms with van der Waals surface area (Å²) in [5, 5.41) is 5.78. The van der Waals surface area contributed by atoms with Crippen molar-refractivity contribution in [3.63, 3.8) is 0 Å². The molecule has 0 saturated carbocycles. The van der Waals surface area contributed by atoms with Crippen LogP contribution in [0, 0.1) is 0 Å². The van der Waals surface area contributed by atoms with Crippen LogP contribution >= 0.6 is 0 Å². The van der Waals surface area contributed by atoms with Crippen molar-refractivity contribution in [2.24, 2.45) is 0 Å². The summed E-state index contributed by atoms with van der Waals surface area (Å²) >= 11 is 0. The predicted octanol–water partition coefficient (Wildman–Crippen LogP) is 3.27. The standard InChI is InChI=1S/C24H24N2O5/c1-16(18-9-10-20-22(15-18)31-13-12-30-20)25-23(27)19(14-17-6-3-2-4-7-17)26-24(28)21-8-5-11-29-21/h2-11,15-16,19H,12-14H2,1H3,(H,25,27)(H,26,28)/t16-,19+/m1/s1. The van der Waals surface area contributed by atoms with Crippen LogP contribution < -0.4 is 20.1 Å². The van der Waals surface area contributed by atoms with Gasteiger partial charge >= 0.3 is 0 Å². The highest BCUT2D eigenvalue weighted by molar-refractivity contribution is 5.95. The van der Waals surface area contributed by atoms with Gasteiger partial charge in [0.25, 0.3) is 5.91 Å². The monoisotopic (exact) mass is 420 g/mol. The van der Waals surface area contributed by atoms with E-state index in [1.165, 1.54) is 6.26 Å². The zero-order valence-electron chi connectivity index (χ0n) is 17.2. The Labute approximate surface area is 180 Å². The lowest BCUT2D eigenvalue weighted by atomic mass is 10.0. The molecule has 0 aliphatic carbocycles. The molecule has 7 heteroatoms. The molecule has 7 nitrogen and oxygen atoms in total. The molecule has 0 fully saturated rings. The zero-order chi connectivity index (χ0) is 21.6. The fraction of sp³-hybridized carbons (Fsp3) is 0.250. The minimum atomic E-state index is -0.764. The molecule has 1 aliphatic rings. The Balaban J connectivity index is 1.48. The van der Waals surface area contributed by atoms with Crippen LogP contribution in [0.15, 0.2) is 71.3 Å². The summed E-state index contributed by atoms with van der Waals surface area (Å²) in [7, 11) is 0. The number of carbonyl (C=O) groups is 2. The van der Waals surface area contributed by atoms with Crippen molar-refractivity contribution >= 4 is 11.8 Å². The van der Waals surface area contributed by atoms with E-state index in [1.54, 1.807) is 12.1 Å². The summed E-state index contributed by atoms with van der Waals surface area (Å²) in [5.74, 6) is 0.794. The number of furan rings is 1. The topological polar surface area (TPSA) is 89.8 Å². The van der Waals surface area contributed by atoms with Crippen LogP contribution in [0.4, 0.5) is 0 Å². The fourth-order valence-electron chi connectivity index (χ4n) is 3.42. The van der Waals surface area contributed by atoms with E-state index in [9.17, 15) is 9.59 Å². The van der Waals surface area contributed by atoms with Crippen LogP contribution in [-0.2, 0) is 11.2 Å². The van der Waals surface area contributed by atoms with Crippen LogP contribution in [0.1, 0.15) is 34.6 Å². The summed E-state index contributed by atoms with van der Waals surface area (Å²) < 4.78 is 16.3. The third-order valence-corrected chi connectivity index (χ3v) is 5.07. The van der Waals surface area contributed by atoms with Gasteiger partial charge in [0.15, 0.2) is 17.3 Å². The molecule has 3 aromatic rings. The van der Waals surface area contributed by atoms with Crippen molar-refractivity contribution < 1.29 is 23.5 Å². The summed E-state index contributed by atoms with van der Waals surface area (Å²) in [6.07, 6.45) is 1.78. The van der Waals surface area contributed by atoms with Gasteiger partial charge in [-0.1, -0.05) is 36.4 Å². The Bertz CT molecular complexity index is 1030. The molecule has 2 aromatic carbocycles. The van der Waals surface area contributed by atoms with Crippen molar-refractivity contribution in [1.82, 2.24) is 10.6 Å². The largest absolute Gasteiger partial charge is 0.486 e. The first-order valence-corrected chi connectivity index (χ1v) is 10.2. The maximum absolute atomic E-state index is 13.1. The second-order valence-corrected chi connectivity index (χ2v) is 7.33. The first kappa shape index (κ1) is 20.5.